The van der Waals surface area contributed by atoms with Crippen molar-refractivity contribution in [3.8, 4) is 0 Å². The standard InChI is InChI=1S/C11H14N2S/c1-2-13-8(7-14)6-9-10(12)4-3-5-11(9)13/h3-6,14H,2,7,12H2,1H3. The second-order valence-electron chi connectivity index (χ2n) is 3.32. The number of rotatable bonds is 2. The molecule has 0 atom stereocenters. The highest BCUT2D eigenvalue weighted by Crippen LogP contribution is 2.25. The summed E-state index contributed by atoms with van der Waals surface area (Å²) >= 11 is 4.32. The van der Waals surface area contributed by atoms with E-state index in [2.05, 4.69) is 36.3 Å². The maximum atomic E-state index is 5.91. The van der Waals surface area contributed by atoms with Crippen molar-refractivity contribution in [2.24, 2.45) is 0 Å². The highest BCUT2D eigenvalue weighted by atomic mass is 32.1. The van der Waals surface area contributed by atoms with Gasteiger partial charge in [-0.05, 0) is 25.1 Å². The number of hydrogen-bond donors (Lipinski definition) is 2. The Bertz CT molecular complexity index is 460. The average molecular weight is 206 g/mol. The van der Waals surface area contributed by atoms with Crippen LogP contribution in [0.4, 0.5) is 5.69 Å². The summed E-state index contributed by atoms with van der Waals surface area (Å²) in [6.07, 6.45) is 0. The molecule has 0 unspecified atom stereocenters. The molecular formula is C11H14N2S. The summed E-state index contributed by atoms with van der Waals surface area (Å²) in [6.45, 7) is 3.10. The summed E-state index contributed by atoms with van der Waals surface area (Å²) in [5, 5.41) is 1.14. The molecule has 14 heavy (non-hydrogen) atoms. The molecule has 2 nitrogen and oxygen atoms in total. The van der Waals surface area contributed by atoms with Gasteiger partial charge in [0.1, 0.15) is 0 Å². The first-order valence-electron chi connectivity index (χ1n) is 4.75. The molecule has 2 aromatic rings. The average Bonchev–Trinajstić information content (AvgIpc) is 2.57. The number of aryl methyl sites for hydroxylation is 1. The molecule has 0 amide bonds. The second kappa shape index (κ2) is 3.58. The topological polar surface area (TPSA) is 30.9 Å². The van der Waals surface area contributed by atoms with E-state index in [0.29, 0.717) is 0 Å². The number of thiol groups is 1. The van der Waals surface area contributed by atoms with Crippen LogP contribution >= 0.6 is 12.6 Å². The largest absolute Gasteiger partial charge is 0.398 e. The van der Waals surface area contributed by atoms with Gasteiger partial charge in [-0.3, -0.25) is 0 Å². The van der Waals surface area contributed by atoms with Crippen molar-refractivity contribution in [2.75, 3.05) is 5.73 Å². The van der Waals surface area contributed by atoms with Gasteiger partial charge < -0.3 is 10.3 Å². The van der Waals surface area contributed by atoms with E-state index in [1.165, 1.54) is 11.2 Å². The molecule has 0 fully saturated rings. The van der Waals surface area contributed by atoms with Crippen molar-refractivity contribution in [3.63, 3.8) is 0 Å². The van der Waals surface area contributed by atoms with Gasteiger partial charge in [0.25, 0.3) is 0 Å². The molecule has 2 rings (SSSR count). The molecule has 0 saturated heterocycles. The summed E-state index contributed by atoms with van der Waals surface area (Å²) in [5.41, 5.74) is 9.19. The highest BCUT2D eigenvalue weighted by Gasteiger charge is 2.07. The van der Waals surface area contributed by atoms with Crippen molar-refractivity contribution in [3.05, 3.63) is 30.0 Å². The van der Waals surface area contributed by atoms with Crippen LogP contribution in [-0.2, 0) is 12.3 Å². The van der Waals surface area contributed by atoms with Crippen LogP contribution in [0.5, 0.6) is 0 Å². The summed E-state index contributed by atoms with van der Waals surface area (Å²) in [5.74, 6) is 0.752. The summed E-state index contributed by atoms with van der Waals surface area (Å²) in [7, 11) is 0. The quantitative estimate of drug-likeness (QED) is 0.574. The Morgan fingerprint density at radius 1 is 1.43 bits per heavy atom. The minimum atomic E-state index is 0.752. The number of benzene rings is 1. The molecule has 1 heterocycles. The lowest BCUT2D eigenvalue weighted by molar-refractivity contribution is 0.766. The van der Waals surface area contributed by atoms with Crippen LogP contribution in [0.15, 0.2) is 24.3 Å². The van der Waals surface area contributed by atoms with E-state index in [1.54, 1.807) is 0 Å². The van der Waals surface area contributed by atoms with Crippen LogP contribution in [0, 0.1) is 0 Å². The molecule has 0 spiro atoms. The van der Waals surface area contributed by atoms with Crippen LogP contribution in [0.25, 0.3) is 10.9 Å². The van der Waals surface area contributed by atoms with Gasteiger partial charge in [0.15, 0.2) is 0 Å². The monoisotopic (exact) mass is 206 g/mol. The van der Waals surface area contributed by atoms with Crippen molar-refractivity contribution >= 4 is 29.2 Å². The lowest BCUT2D eigenvalue weighted by Crippen LogP contribution is -1.97. The summed E-state index contributed by atoms with van der Waals surface area (Å²) < 4.78 is 2.25. The summed E-state index contributed by atoms with van der Waals surface area (Å²) in [6, 6.07) is 8.15. The Hall–Kier alpha value is -1.09. The smallest absolute Gasteiger partial charge is 0.0503 e. The summed E-state index contributed by atoms with van der Waals surface area (Å²) in [4.78, 5) is 0. The molecule has 0 bridgehead atoms. The first-order chi connectivity index (χ1) is 6.77. The predicted molar refractivity (Wildman–Crippen MR) is 64.7 cm³/mol. The SMILES string of the molecule is CCn1c(CS)cc2c(N)cccc21. The predicted octanol–water partition coefficient (Wildman–Crippen LogP) is 2.67. The van der Waals surface area contributed by atoms with E-state index in [1.807, 2.05) is 12.1 Å². The molecule has 0 radical (unpaired) electrons. The molecule has 1 aromatic carbocycles. The van der Waals surface area contributed by atoms with Gasteiger partial charge in [-0.1, -0.05) is 6.07 Å². The van der Waals surface area contributed by atoms with Gasteiger partial charge in [0, 0.05) is 29.1 Å². The van der Waals surface area contributed by atoms with Gasteiger partial charge in [-0.2, -0.15) is 12.6 Å². The molecule has 0 saturated carbocycles. The maximum Gasteiger partial charge on any atom is 0.0503 e. The number of hydrogen-bond acceptors (Lipinski definition) is 2. The minimum absolute atomic E-state index is 0.752. The fourth-order valence-corrected chi connectivity index (χ4v) is 2.13. The number of fused-ring (bicyclic) bond motifs is 1. The van der Waals surface area contributed by atoms with E-state index in [0.717, 1.165) is 23.4 Å². The Morgan fingerprint density at radius 3 is 2.86 bits per heavy atom. The molecular weight excluding hydrogens is 192 g/mol. The second-order valence-corrected chi connectivity index (χ2v) is 3.63. The Kier molecular flexibility index (Phi) is 2.42. The third-order valence-corrected chi connectivity index (χ3v) is 2.87. The van der Waals surface area contributed by atoms with Gasteiger partial charge >= 0.3 is 0 Å². The van der Waals surface area contributed by atoms with Gasteiger partial charge in [-0.15, -0.1) is 0 Å². The van der Waals surface area contributed by atoms with Gasteiger partial charge in [-0.25, -0.2) is 0 Å². The fraction of sp³-hybridized carbons (Fsp3) is 0.273. The van der Waals surface area contributed by atoms with Crippen molar-refractivity contribution in [2.45, 2.75) is 19.2 Å². The van der Waals surface area contributed by atoms with Crippen LogP contribution in [0.1, 0.15) is 12.6 Å². The number of nitrogens with zero attached hydrogens (tertiary/aromatic N) is 1. The first kappa shape index (κ1) is 9.46. The number of nitrogens with two attached hydrogens (primary N) is 1. The molecule has 74 valence electrons. The molecule has 1 aromatic heterocycles. The van der Waals surface area contributed by atoms with Crippen molar-refractivity contribution in [1.29, 1.82) is 0 Å². The zero-order valence-electron chi connectivity index (χ0n) is 8.20. The lowest BCUT2D eigenvalue weighted by atomic mass is 10.2. The number of nitrogen functional groups attached to an aromatic ring is 1. The number of anilines is 1. The third kappa shape index (κ3) is 1.28. The van der Waals surface area contributed by atoms with Crippen LogP contribution in [-0.4, -0.2) is 4.57 Å². The first-order valence-corrected chi connectivity index (χ1v) is 5.38. The molecule has 0 aliphatic rings. The van der Waals surface area contributed by atoms with Crippen LogP contribution in [0.3, 0.4) is 0 Å². The Balaban J connectivity index is 2.79. The van der Waals surface area contributed by atoms with Gasteiger partial charge in [0.05, 0.1) is 5.52 Å². The zero-order valence-corrected chi connectivity index (χ0v) is 9.09. The Labute approximate surface area is 89.1 Å². The zero-order chi connectivity index (χ0) is 10.1. The van der Waals surface area contributed by atoms with Crippen molar-refractivity contribution < 1.29 is 0 Å². The van der Waals surface area contributed by atoms with Gasteiger partial charge in [0.2, 0.25) is 0 Å². The van der Waals surface area contributed by atoms with E-state index in [-0.39, 0.29) is 0 Å². The molecule has 3 heteroatoms. The van der Waals surface area contributed by atoms with Crippen LogP contribution < -0.4 is 5.73 Å². The maximum absolute atomic E-state index is 5.91. The van der Waals surface area contributed by atoms with E-state index < -0.39 is 0 Å². The molecule has 0 aliphatic carbocycles. The van der Waals surface area contributed by atoms with E-state index in [4.69, 9.17) is 5.73 Å². The van der Waals surface area contributed by atoms with Crippen molar-refractivity contribution in [1.82, 2.24) is 4.57 Å². The van der Waals surface area contributed by atoms with E-state index in [9.17, 15) is 0 Å². The Morgan fingerprint density at radius 2 is 2.21 bits per heavy atom. The minimum Gasteiger partial charge on any atom is -0.398 e. The van der Waals surface area contributed by atoms with E-state index >= 15 is 0 Å². The number of aromatic nitrogens is 1. The third-order valence-electron chi connectivity index (χ3n) is 2.54. The molecule has 2 N–H and O–H groups in total. The van der Waals surface area contributed by atoms with Crippen LogP contribution in [0.2, 0.25) is 0 Å². The molecule has 0 aliphatic heterocycles. The lowest BCUT2D eigenvalue weighted by Gasteiger charge is -2.05. The fourth-order valence-electron chi connectivity index (χ4n) is 1.87. The highest BCUT2D eigenvalue weighted by molar-refractivity contribution is 7.79. The normalized spacial score (nSPS) is 11.0.